The third kappa shape index (κ3) is 1.67. The maximum absolute atomic E-state index is 11.2. The van der Waals surface area contributed by atoms with E-state index in [4.69, 9.17) is 0 Å². The fourth-order valence-corrected chi connectivity index (χ4v) is 1.66. The fraction of sp³-hybridized carbons (Fsp3) is 0.571. The Bertz CT molecular complexity index is 271. The molecule has 70 valence electrons. The number of rotatable bonds is 2. The van der Waals surface area contributed by atoms with Crippen molar-refractivity contribution in [2.45, 2.75) is 12.8 Å². The van der Waals surface area contributed by atoms with Gasteiger partial charge in [0.15, 0.2) is 0 Å². The lowest BCUT2D eigenvalue weighted by Crippen LogP contribution is -2.45. The molecule has 1 aliphatic carbocycles. The van der Waals surface area contributed by atoms with Crippen molar-refractivity contribution < 1.29 is 14.4 Å². The molecule has 0 spiro atoms. The van der Waals surface area contributed by atoms with Gasteiger partial charge < -0.3 is 0 Å². The van der Waals surface area contributed by atoms with Crippen LogP contribution in [0.1, 0.15) is 12.8 Å². The first-order valence-electron chi connectivity index (χ1n) is 3.98. The van der Waals surface area contributed by atoms with E-state index in [0.717, 1.165) is 29.6 Å². The van der Waals surface area contributed by atoms with E-state index in [2.05, 4.69) is 5.43 Å². The molecular formula is C7H8N2O3S. The normalized spacial score (nSPS) is 22.3. The number of carbonyl (C=O) groups is 3. The predicted molar refractivity (Wildman–Crippen MR) is 45.6 cm³/mol. The Balaban J connectivity index is 1.95. The van der Waals surface area contributed by atoms with Gasteiger partial charge in [0, 0.05) is 5.92 Å². The molecule has 13 heavy (non-hydrogen) atoms. The van der Waals surface area contributed by atoms with Gasteiger partial charge in [0.25, 0.3) is 5.91 Å². The summed E-state index contributed by atoms with van der Waals surface area (Å²) in [5, 5.41) is 0.421. The van der Waals surface area contributed by atoms with Crippen molar-refractivity contribution in [1.29, 1.82) is 0 Å². The van der Waals surface area contributed by atoms with Crippen LogP contribution in [0, 0.1) is 5.92 Å². The SMILES string of the molecule is O=C(NN1C(=O)CSC1=O)C1CC1. The Hall–Kier alpha value is -1.04. The maximum Gasteiger partial charge on any atom is 0.307 e. The molecule has 1 saturated heterocycles. The molecule has 0 bridgehead atoms. The van der Waals surface area contributed by atoms with Crippen molar-refractivity contribution >= 4 is 28.8 Å². The van der Waals surface area contributed by atoms with Crippen LogP contribution in [0.4, 0.5) is 4.79 Å². The lowest BCUT2D eigenvalue weighted by atomic mass is 10.4. The van der Waals surface area contributed by atoms with Crippen LogP contribution in [-0.4, -0.2) is 27.8 Å². The second-order valence-corrected chi connectivity index (χ2v) is 3.96. The van der Waals surface area contributed by atoms with E-state index < -0.39 is 0 Å². The first kappa shape index (κ1) is 8.55. The molecule has 1 saturated carbocycles. The highest BCUT2D eigenvalue weighted by Crippen LogP contribution is 2.29. The van der Waals surface area contributed by atoms with Gasteiger partial charge >= 0.3 is 5.24 Å². The average molecular weight is 200 g/mol. The number of thioether (sulfide) groups is 1. The van der Waals surface area contributed by atoms with Gasteiger partial charge in [-0.2, -0.15) is 5.01 Å². The zero-order chi connectivity index (χ0) is 9.42. The third-order valence-electron chi connectivity index (χ3n) is 1.92. The second kappa shape index (κ2) is 3.02. The summed E-state index contributed by atoms with van der Waals surface area (Å²) < 4.78 is 0. The van der Waals surface area contributed by atoms with Gasteiger partial charge in [-0.15, -0.1) is 0 Å². The van der Waals surface area contributed by atoms with Crippen LogP contribution >= 0.6 is 11.8 Å². The maximum atomic E-state index is 11.2. The molecule has 3 amide bonds. The predicted octanol–water partition coefficient (Wildman–Crippen LogP) is 0.123. The minimum atomic E-state index is -0.390. The summed E-state index contributed by atoms with van der Waals surface area (Å²) in [5.74, 6) is -0.427. The second-order valence-electron chi connectivity index (χ2n) is 3.03. The zero-order valence-corrected chi connectivity index (χ0v) is 7.60. The van der Waals surface area contributed by atoms with Gasteiger partial charge in [-0.1, -0.05) is 11.8 Å². The summed E-state index contributed by atoms with van der Waals surface area (Å²) in [4.78, 5) is 33.2. The highest BCUT2D eigenvalue weighted by Gasteiger charge is 2.36. The van der Waals surface area contributed by atoms with Gasteiger partial charge in [0.2, 0.25) is 5.91 Å². The smallest absolute Gasteiger partial charge is 0.273 e. The van der Waals surface area contributed by atoms with E-state index in [1.165, 1.54) is 0 Å². The number of carbonyl (C=O) groups excluding carboxylic acids is 3. The number of hydrogen-bond donors (Lipinski definition) is 1. The topological polar surface area (TPSA) is 66.5 Å². The number of nitrogens with one attached hydrogen (secondary N) is 1. The largest absolute Gasteiger partial charge is 0.307 e. The lowest BCUT2D eigenvalue weighted by Gasteiger charge is -2.13. The molecule has 0 aromatic heterocycles. The van der Waals surface area contributed by atoms with Crippen LogP contribution in [0.2, 0.25) is 0 Å². The highest BCUT2D eigenvalue weighted by molar-refractivity contribution is 8.14. The van der Waals surface area contributed by atoms with Crippen molar-refractivity contribution in [1.82, 2.24) is 10.4 Å². The number of nitrogens with zero attached hydrogens (tertiary/aromatic N) is 1. The van der Waals surface area contributed by atoms with E-state index in [-0.39, 0.29) is 28.7 Å². The number of amides is 3. The molecule has 5 nitrogen and oxygen atoms in total. The van der Waals surface area contributed by atoms with Crippen LogP contribution < -0.4 is 5.43 Å². The minimum Gasteiger partial charge on any atom is -0.273 e. The number of hydrazine groups is 1. The van der Waals surface area contributed by atoms with E-state index in [0.29, 0.717) is 0 Å². The molecule has 0 aromatic rings. The van der Waals surface area contributed by atoms with Crippen molar-refractivity contribution in [3.05, 3.63) is 0 Å². The molecule has 1 N–H and O–H groups in total. The molecule has 0 atom stereocenters. The summed E-state index contributed by atoms with van der Waals surface area (Å²) in [5.41, 5.74) is 2.31. The Kier molecular flexibility index (Phi) is 1.99. The van der Waals surface area contributed by atoms with Crippen molar-refractivity contribution in [2.75, 3.05) is 5.75 Å². The summed E-state index contributed by atoms with van der Waals surface area (Å²) in [6.45, 7) is 0. The van der Waals surface area contributed by atoms with Gasteiger partial charge in [-0.05, 0) is 12.8 Å². The number of imide groups is 1. The van der Waals surface area contributed by atoms with Gasteiger partial charge in [0.1, 0.15) is 0 Å². The van der Waals surface area contributed by atoms with Gasteiger partial charge in [0.05, 0.1) is 5.75 Å². The molecule has 2 aliphatic rings. The van der Waals surface area contributed by atoms with Crippen LogP contribution in [0.5, 0.6) is 0 Å². The lowest BCUT2D eigenvalue weighted by molar-refractivity contribution is -0.135. The van der Waals surface area contributed by atoms with Crippen LogP contribution in [0.15, 0.2) is 0 Å². The molecule has 1 aliphatic heterocycles. The number of hydrogen-bond acceptors (Lipinski definition) is 4. The molecule has 6 heteroatoms. The molecule has 0 unspecified atom stereocenters. The molecular weight excluding hydrogens is 192 g/mol. The molecule has 2 fully saturated rings. The van der Waals surface area contributed by atoms with Crippen molar-refractivity contribution in [3.63, 3.8) is 0 Å². The average Bonchev–Trinajstić information content (AvgIpc) is 2.88. The molecule has 0 aromatic carbocycles. The standard InChI is InChI=1S/C7H8N2O3S/c10-5-3-13-7(12)9(5)8-6(11)4-1-2-4/h4H,1-3H2,(H,8,11). The Labute approximate surface area is 78.8 Å². The van der Waals surface area contributed by atoms with Gasteiger partial charge in [-0.3, -0.25) is 19.8 Å². The minimum absolute atomic E-state index is 0.00574. The summed E-state index contributed by atoms with van der Waals surface area (Å²) in [6.07, 6.45) is 1.71. The summed E-state index contributed by atoms with van der Waals surface area (Å²) in [6, 6.07) is 0. The monoisotopic (exact) mass is 200 g/mol. The molecule has 2 rings (SSSR count). The quantitative estimate of drug-likeness (QED) is 0.687. The van der Waals surface area contributed by atoms with E-state index in [1.807, 2.05) is 0 Å². The Morgan fingerprint density at radius 3 is 2.62 bits per heavy atom. The van der Waals surface area contributed by atoms with Crippen LogP contribution in [0.3, 0.4) is 0 Å². The van der Waals surface area contributed by atoms with E-state index in [1.54, 1.807) is 0 Å². The highest BCUT2D eigenvalue weighted by atomic mass is 32.2. The van der Waals surface area contributed by atoms with Gasteiger partial charge in [-0.25, -0.2) is 0 Å². The van der Waals surface area contributed by atoms with Crippen molar-refractivity contribution in [2.24, 2.45) is 5.92 Å². The van der Waals surface area contributed by atoms with E-state index >= 15 is 0 Å². The first-order chi connectivity index (χ1) is 6.18. The Morgan fingerprint density at radius 2 is 2.15 bits per heavy atom. The summed E-state index contributed by atoms with van der Waals surface area (Å²) >= 11 is 0.910. The zero-order valence-electron chi connectivity index (χ0n) is 6.78. The van der Waals surface area contributed by atoms with Crippen LogP contribution in [0.25, 0.3) is 0 Å². The summed E-state index contributed by atoms with van der Waals surface area (Å²) in [7, 11) is 0. The molecule has 1 heterocycles. The van der Waals surface area contributed by atoms with E-state index in [9.17, 15) is 14.4 Å². The third-order valence-corrected chi connectivity index (χ3v) is 2.74. The molecule has 0 radical (unpaired) electrons. The Morgan fingerprint density at radius 1 is 1.46 bits per heavy atom. The fourth-order valence-electron chi connectivity index (χ4n) is 1.01. The van der Waals surface area contributed by atoms with Crippen molar-refractivity contribution in [3.8, 4) is 0 Å². The first-order valence-corrected chi connectivity index (χ1v) is 4.97. The van der Waals surface area contributed by atoms with Crippen LogP contribution in [-0.2, 0) is 9.59 Å².